The lowest BCUT2D eigenvalue weighted by atomic mass is 9.77. The highest BCUT2D eigenvalue weighted by Crippen LogP contribution is 2.38. The van der Waals surface area contributed by atoms with Gasteiger partial charge in [0, 0.05) is 73.4 Å². The molecule has 0 spiro atoms. The SMILES string of the molecule is COc1ccccc1N1CCN(C(=O)CC2(CC(=O)O)CN(Cc3ccc(Cl)cc3Cl)C(=O)N(c3ccc(C)cc3)C2)CC1. The van der Waals surface area contributed by atoms with E-state index in [0.717, 1.165) is 17.0 Å². The zero-order valence-electron chi connectivity index (χ0n) is 24.8. The van der Waals surface area contributed by atoms with Crippen LogP contribution in [0.5, 0.6) is 5.75 Å². The van der Waals surface area contributed by atoms with E-state index in [0.29, 0.717) is 47.5 Å². The Kier molecular flexibility index (Phi) is 9.56. The summed E-state index contributed by atoms with van der Waals surface area (Å²) in [6.07, 6.45) is -0.297. The first-order valence-electron chi connectivity index (χ1n) is 14.5. The summed E-state index contributed by atoms with van der Waals surface area (Å²) in [5, 5.41) is 11.0. The number of aliphatic carboxylic acids is 1. The van der Waals surface area contributed by atoms with E-state index in [2.05, 4.69) is 4.90 Å². The fraction of sp³-hybridized carbons (Fsp3) is 0.364. The van der Waals surface area contributed by atoms with Crippen molar-refractivity contribution in [1.82, 2.24) is 9.80 Å². The molecule has 232 valence electrons. The number of hydrogen-bond donors (Lipinski definition) is 1. The Hall–Kier alpha value is -3.95. The molecule has 2 saturated heterocycles. The number of aryl methyl sites for hydroxylation is 1. The molecule has 0 bridgehead atoms. The number of hydrogen-bond acceptors (Lipinski definition) is 5. The number of anilines is 2. The molecule has 3 amide bonds. The highest BCUT2D eigenvalue weighted by atomic mass is 35.5. The van der Waals surface area contributed by atoms with Crippen LogP contribution in [0, 0.1) is 12.3 Å². The van der Waals surface area contributed by atoms with Gasteiger partial charge < -0.3 is 24.5 Å². The number of benzene rings is 3. The molecule has 0 aliphatic carbocycles. The molecule has 2 aliphatic heterocycles. The summed E-state index contributed by atoms with van der Waals surface area (Å²) in [5.41, 5.74) is 2.28. The third-order valence-corrected chi connectivity index (χ3v) is 8.94. The van der Waals surface area contributed by atoms with Crippen LogP contribution in [-0.2, 0) is 16.1 Å². The molecule has 1 atom stereocenters. The molecule has 44 heavy (non-hydrogen) atoms. The highest BCUT2D eigenvalue weighted by molar-refractivity contribution is 6.35. The molecule has 3 aromatic rings. The molecule has 9 nitrogen and oxygen atoms in total. The Morgan fingerprint density at radius 1 is 0.932 bits per heavy atom. The van der Waals surface area contributed by atoms with E-state index in [1.807, 2.05) is 55.5 Å². The molecule has 2 aliphatic rings. The van der Waals surface area contributed by atoms with Crippen LogP contribution in [-0.4, -0.2) is 79.2 Å². The summed E-state index contributed by atoms with van der Waals surface area (Å²) >= 11 is 12.6. The van der Waals surface area contributed by atoms with Gasteiger partial charge in [-0.2, -0.15) is 0 Å². The van der Waals surface area contributed by atoms with Gasteiger partial charge in [0.25, 0.3) is 0 Å². The van der Waals surface area contributed by atoms with E-state index in [9.17, 15) is 19.5 Å². The number of carbonyl (C=O) groups excluding carboxylic acids is 2. The number of carbonyl (C=O) groups is 3. The van der Waals surface area contributed by atoms with Crippen LogP contribution in [0.1, 0.15) is 24.0 Å². The molecule has 11 heteroatoms. The Balaban J connectivity index is 1.40. The van der Waals surface area contributed by atoms with E-state index >= 15 is 0 Å². The number of piperazine rings is 1. The molecule has 0 radical (unpaired) electrons. The molecule has 1 unspecified atom stereocenters. The third-order valence-electron chi connectivity index (χ3n) is 8.35. The van der Waals surface area contributed by atoms with E-state index in [1.54, 1.807) is 40.0 Å². The summed E-state index contributed by atoms with van der Waals surface area (Å²) in [6, 6.07) is 20.1. The van der Waals surface area contributed by atoms with E-state index in [-0.39, 0.29) is 44.4 Å². The van der Waals surface area contributed by atoms with Crippen molar-refractivity contribution in [3.8, 4) is 5.75 Å². The number of carboxylic acids is 1. The second-order valence-corrected chi connectivity index (χ2v) is 12.4. The van der Waals surface area contributed by atoms with E-state index < -0.39 is 11.4 Å². The Morgan fingerprint density at radius 3 is 2.30 bits per heavy atom. The Bertz CT molecular complexity index is 1530. The number of urea groups is 1. The zero-order chi connectivity index (χ0) is 31.4. The Morgan fingerprint density at radius 2 is 1.64 bits per heavy atom. The molecule has 1 N–H and O–H groups in total. The van der Waals surface area contributed by atoms with Crippen LogP contribution in [0.2, 0.25) is 10.0 Å². The molecule has 2 fully saturated rings. The quantitative estimate of drug-likeness (QED) is 0.311. The Labute approximate surface area is 267 Å². The number of ether oxygens (including phenoxy) is 1. The smallest absolute Gasteiger partial charge is 0.324 e. The van der Waals surface area contributed by atoms with Gasteiger partial charge in [0.2, 0.25) is 5.91 Å². The number of methoxy groups -OCH3 is 1. The van der Waals surface area contributed by atoms with Crippen molar-refractivity contribution in [2.45, 2.75) is 26.3 Å². The van der Waals surface area contributed by atoms with Crippen molar-refractivity contribution in [2.24, 2.45) is 5.41 Å². The normalized spacial score (nSPS) is 18.9. The first kappa shape index (κ1) is 31.5. The summed E-state index contributed by atoms with van der Waals surface area (Å²) < 4.78 is 5.52. The van der Waals surface area contributed by atoms with Crippen LogP contribution < -0.4 is 14.5 Å². The standard InChI is InChI=1S/C33H36Cl2N4O5/c1-23-7-11-26(12-8-23)39-22-33(19-31(41)42,21-38(32(39)43)20-24-9-10-25(34)17-27(24)35)18-30(40)37-15-13-36(14-16-37)28-5-3-4-6-29(28)44-2/h3-12,17H,13-16,18-22H2,1-2H3,(H,41,42). The fourth-order valence-corrected chi connectivity index (χ4v) is 6.60. The fourth-order valence-electron chi connectivity index (χ4n) is 6.13. The second-order valence-electron chi connectivity index (χ2n) is 11.6. The number of para-hydroxylation sites is 2. The average Bonchev–Trinajstić information content (AvgIpc) is 3.00. The second kappa shape index (κ2) is 13.4. The molecule has 0 saturated carbocycles. The van der Waals surface area contributed by atoms with Gasteiger partial charge in [-0.3, -0.25) is 14.5 Å². The lowest BCUT2D eigenvalue weighted by Gasteiger charge is -2.48. The molecule has 3 aromatic carbocycles. The third kappa shape index (κ3) is 7.05. The van der Waals surface area contributed by atoms with Crippen LogP contribution in [0.4, 0.5) is 16.2 Å². The van der Waals surface area contributed by atoms with Gasteiger partial charge in [0.05, 0.1) is 19.2 Å². The van der Waals surface area contributed by atoms with Gasteiger partial charge in [0.15, 0.2) is 0 Å². The molecule has 2 heterocycles. The first-order valence-corrected chi connectivity index (χ1v) is 15.3. The molecular formula is C33H36Cl2N4O5. The van der Waals surface area contributed by atoms with Gasteiger partial charge >= 0.3 is 12.0 Å². The van der Waals surface area contributed by atoms with Gasteiger partial charge in [-0.05, 0) is 48.9 Å². The highest BCUT2D eigenvalue weighted by Gasteiger charge is 2.47. The number of rotatable bonds is 9. The lowest BCUT2D eigenvalue weighted by molar-refractivity contribution is -0.142. The number of halogens is 2. The number of carboxylic acid groups (broad SMARTS) is 1. The van der Waals surface area contributed by atoms with Crippen LogP contribution in [0.25, 0.3) is 0 Å². The zero-order valence-corrected chi connectivity index (χ0v) is 26.4. The van der Waals surface area contributed by atoms with Crippen molar-refractivity contribution < 1.29 is 24.2 Å². The van der Waals surface area contributed by atoms with Crippen molar-refractivity contribution in [3.05, 3.63) is 87.9 Å². The topological polar surface area (TPSA) is 93.6 Å². The van der Waals surface area contributed by atoms with Crippen molar-refractivity contribution in [1.29, 1.82) is 0 Å². The molecular weight excluding hydrogens is 603 g/mol. The van der Waals surface area contributed by atoms with Gasteiger partial charge in [-0.25, -0.2) is 4.79 Å². The summed E-state index contributed by atoms with van der Waals surface area (Å²) in [6.45, 7) is 4.50. The molecule has 5 rings (SSSR count). The minimum absolute atomic E-state index is 0.0194. The van der Waals surface area contributed by atoms with Crippen LogP contribution in [0.15, 0.2) is 66.7 Å². The maximum atomic E-state index is 13.9. The van der Waals surface area contributed by atoms with Crippen LogP contribution in [0.3, 0.4) is 0 Å². The van der Waals surface area contributed by atoms with Crippen LogP contribution >= 0.6 is 23.2 Å². The predicted molar refractivity (Wildman–Crippen MR) is 172 cm³/mol. The lowest BCUT2D eigenvalue weighted by Crippen LogP contribution is -2.60. The maximum absolute atomic E-state index is 13.9. The van der Waals surface area contributed by atoms with Gasteiger partial charge in [-0.1, -0.05) is 59.1 Å². The summed E-state index contributed by atoms with van der Waals surface area (Å²) in [4.78, 5) is 47.3. The van der Waals surface area contributed by atoms with Gasteiger partial charge in [0.1, 0.15) is 5.75 Å². The first-order chi connectivity index (χ1) is 21.1. The average molecular weight is 640 g/mol. The summed E-state index contributed by atoms with van der Waals surface area (Å²) in [7, 11) is 1.64. The van der Waals surface area contributed by atoms with E-state index in [1.165, 1.54) is 0 Å². The van der Waals surface area contributed by atoms with Crippen molar-refractivity contribution >= 4 is 52.5 Å². The predicted octanol–water partition coefficient (Wildman–Crippen LogP) is 5.95. The van der Waals surface area contributed by atoms with Gasteiger partial charge in [-0.15, -0.1) is 0 Å². The minimum Gasteiger partial charge on any atom is -0.495 e. The monoisotopic (exact) mass is 638 g/mol. The van der Waals surface area contributed by atoms with Crippen molar-refractivity contribution in [2.75, 3.05) is 56.2 Å². The number of nitrogens with zero attached hydrogens (tertiary/aromatic N) is 4. The number of amides is 3. The molecule has 0 aromatic heterocycles. The maximum Gasteiger partial charge on any atom is 0.324 e. The van der Waals surface area contributed by atoms with Crippen molar-refractivity contribution in [3.63, 3.8) is 0 Å². The van der Waals surface area contributed by atoms with E-state index in [4.69, 9.17) is 27.9 Å². The largest absolute Gasteiger partial charge is 0.495 e. The minimum atomic E-state index is -1.04. The summed E-state index contributed by atoms with van der Waals surface area (Å²) in [5.74, 6) is -0.383.